The second-order valence-corrected chi connectivity index (χ2v) is 3.17. The lowest BCUT2D eigenvalue weighted by Gasteiger charge is -2.21. The monoisotopic (exact) mass is 155 g/mol. The van der Waals surface area contributed by atoms with Gasteiger partial charge in [0.25, 0.3) is 0 Å². The lowest BCUT2D eigenvalue weighted by atomic mass is 10.1. The first kappa shape index (κ1) is 8.72. The highest BCUT2D eigenvalue weighted by molar-refractivity contribution is 5.49. The van der Waals surface area contributed by atoms with E-state index in [-0.39, 0.29) is 0 Å². The van der Waals surface area contributed by atoms with Crippen molar-refractivity contribution >= 4 is 6.29 Å². The van der Waals surface area contributed by atoms with Crippen molar-refractivity contribution in [3.05, 3.63) is 0 Å². The summed E-state index contributed by atoms with van der Waals surface area (Å²) in [6.45, 7) is 4.57. The van der Waals surface area contributed by atoms with E-state index >= 15 is 0 Å². The second-order valence-electron chi connectivity index (χ2n) is 3.17. The Morgan fingerprint density at radius 1 is 1.64 bits per heavy atom. The van der Waals surface area contributed by atoms with E-state index in [2.05, 4.69) is 11.8 Å². The SMILES string of the molecule is CCN1CCCC1CCC=O. The van der Waals surface area contributed by atoms with E-state index in [1.807, 2.05) is 0 Å². The molecule has 1 unspecified atom stereocenters. The van der Waals surface area contributed by atoms with Crippen molar-refractivity contribution in [3.8, 4) is 0 Å². The smallest absolute Gasteiger partial charge is 0.120 e. The lowest BCUT2D eigenvalue weighted by Crippen LogP contribution is -2.28. The van der Waals surface area contributed by atoms with Crippen molar-refractivity contribution in [2.75, 3.05) is 13.1 Å². The maximum atomic E-state index is 10.1. The van der Waals surface area contributed by atoms with E-state index in [4.69, 9.17) is 0 Å². The first-order valence-corrected chi connectivity index (χ1v) is 4.56. The minimum absolute atomic E-state index is 0.699. The van der Waals surface area contributed by atoms with Crippen molar-refractivity contribution in [2.45, 2.75) is 38.6 Å². The van der Waals surface area contributed by atoms with Gasteiger partial charge < -0.3 is 9.69 Å². The van der Waals surface area contributed by atoms with Gasteiger partial charge in [0.1, 0.15) is 6.29 Å². The molecular weight excluding hydrogens is 138 g/mol. The molecule has 0 aromatic carbocycles. The van der Waals surface area contributed by atoms with Crippen molar-refractivity contribution in [2.24, 2.45) is 0 Å². The summed E-state index contributed by atoms with van der Waals surface area (Å²) in [5, 5.41) is 0. The molecule has 0 amide bonds. The van der Waals surface area contributed by atoms with Crippen LogP contribution in [0.3, 0.4) is 0 Å². The van der Waals surface area contributed by atoms with E-state index in [1.165, 1.54) is 19.4 Å². The second kappa shape index (κ2) is 4.50. The fourth-order valence-electron chi connectivity index (χ4n) is 1.90. The minimum atomic E-state index is 0.699. The van der Waals surface area contributed by atoms with E-state index in [9.17, 15) is 4.79 Å². The third-order valence-electron chi connectivity index (χ3n) is 2.52. The Morgan fingerprint density at radius 2 is 2.45 bits per heavy atom. The molecule has 64 valence electrons. The number of rotatable bonds is 4. The van der Waals surface area contributed by atoms with Gasteiger partial charge in [0.15, 0.2) is 0 Å². The molecule has 2 heteroatoms. The third-order valence-corrected chi connectivity index (χ3v) is 2.52. The lowest BCUT2D eigenvalue weighted by molar-refractivity contribution is -0.108. The van der Waals surface area contributed by atoms with Gasteiger partial charge in [-0.25, -0.2) is 0 Å². The van der Waals surface area contributed by atoms with Crippen LogP contribution in [-0.4, -0.2) is 30.3 Å². The average Bonchev–Trinajstić information content (AvgIpc) is 2.47. The van der Waals surface area contributed by atoms with Crippen molar-refractivity contribution in [1.29, 1.82) is 0 Å². The standard InChI is InChI=1S/C9H17NO/c1-2-10-7-3-5-9(10)6-4-8-11/h8-9H,2-7H2,1H3. The molecule has 1 heterocycles. The molecule has 0 spiro atoms. The number of hydrogen-bond acceptors (Lipinski definition) is 2. The third kappa shape index (κ3) is 2.29. The normalized spacial score (nSPS) is 25.7. The van der Waals surface area contributed by atoms with Gasteiger partial charge in [0.05, 0.1) is 0 Å². The quantitative estimate of drug-likeness (QED) is 0.573. The summed E-state index contributed by atoms with van der Waals surface area (Å²) in [7, 11) is 0. The van der Waals surface area contributed by atoms with Crippen LogP contribution in [0.15, 0.2) is 0 Å². The topological polar surface area (TPSA) is 20.3 Å². The molecule has 0 N–H and O–H groups in total. The zero-order chi connectivity index (χ0) is 8.10. The summed E-state index contributed by atoms with van der Waals surface area (Å²) >= 11 is 0. The Hall–Kier alpha value is -0.370. The maximum absolute atomic E-state index is 10.1. The molecule has 0 bridgehead atoms. The Morgan fingerprint density at radius 3 is 3.09 bits per heavy atom. The summed E-state index contributed by atoms with van der Waals surface area (Å²) in [6.07, 6.45) is 5.45. The summed E-state index contributed by atoms with van der Waals surface area (Å²) in [6, 6.07) is 0.699. The van der Waals surface area contributed by atoms with Crippen LogP contribution in [0.4, 0.5) is 0 Å². The number of nitrogens with zero attached hydrogens (tertiary/aromatic N) is 1. The molecule has 0 radical (unpaired) electrons. The molecule has 1 atom stereocenters. The van der Waals surface area contributed by atoms with Gasteiger partial charge in [-0.3, -0.25) is 0 Å². The molecule has 1 aliphatic rings. The van der Waals surface area contributed by atoms with Crippen LogP contribution >= 0.6 is 0 Å². The van der Waals surface area contributed by atoms with E-state index < -0.39 is 0 Å². The fraction of sp³-hybridized carbons (Fsp3) is 0.889. The summed E-state index contributed by atoms with van der Waals surface area (Å²) in [4.78, 5) is 12.6. The number of carbonyl (C=O) groups excluding carboxylic acids is 1. The summed E-state index contributed by atoms with van der Waals surface area (Å²) in [5.41, 5.74) is 0. The van der Waals surface area contributed by atoms with Gasteiger partial charge in [-0.1, -0.05) is 6.92 Å². The molecule has 0 saturated carbocycles. The molecule has 1 fully saturated rings. The van der Waals surface area contributed by atoms with Gasteiger partial charge in [0, 0.05) is 12.5 Å². The van der Waals surface area contributed by atoms with Crippen LogP contribution in [0.1, 0.15) is 32.6 Å². The highest BCUT2D eigenvalue weighted by Gasteiger charge is 2.21. The van der Waals surface area contributed by atoms with Gasteiger partial charge >= 0.3 is 0 Å². The van der Waals surface area contributed by atoms with E-state index in [0.717, 1.165) is 25.7 Å². The Balaban J connectivity index is 2.25. The van der Waals surface area contributed by atoms with E-state index in [0.29, 0.717) is 6.04 Å². The molecule has 2 nitrogen and oxygen atoms in total. The Bertz CT molecular complexity index is 125. The zero-order valence-corrected chi connectivity index (χ0v) is 7.25. The van der Waals surface area contributed by atoms with Gasteiger partial charge in [-0.2, -0.15) is 0 Å². The van der Waals surface area contributed by atoms with Gasteiger partial charge in [0.2, 0.25) is 0 Å². The highest BCUT2D eigenvalue weighted by Crippen LogP contribution is 2.19. The molecule has 0 aliphatic carbocycles. The van der Waals surface area contributed by atoms with Crippen LogP contribution < -0.4 is 0 Å². The molecule has 11 heavy (non-hydrogen) atoms. The minimum Gasteiger partial charge on any atom is -0.303 e. The largest absolute Gasteiger partial charge is 0.303 e. The molecule has 1 aliphatic heterocycles. The molecule has 0 aromatic heterocycles. The Kier molecular flexibility index (Phi) is 3.57. The predicted molar refractivity (Wildman–Crippen MR) is 45.6 cm³/mol. The van der Waals surface area contributed by atoms with Crippen LogP contribution in [0.5, 0.6) is 0 Å². The van der Waals surface area contributed by atoms with Crippen molar-refractivity contribution < 1.29 is 4.79 Å². The molecule has 0 aromatic rings. The van der Waals surface area contributed by atoms with Crippen LogP contribution in [-0.2, 0) is 4.79 Å². The average molecular weight is 155 g/mol. The number of carbonyl (C=O) groups is 1. The zero-order valence-electron chi connectivity index (χ0n) is 7.25. The Labute approximate surface area is 68.6 Å². The summed E-state index contributed by atoms with van der Waals surface area (Å²) in [5.74, 6) is 0. The molecular formula is C9H17NO. The molecule has 1 rings (SSSR count). The fourth-order valence-corrected chi connectivity index (χ4v) is 1.90. The summed E-state index contributed by atoms with van der Waals surface area (Å²) < 4.78 is 0. The van der Waals surface area contributed by atoms with Crippen LogP contribution in [0.25, 0.3) is 0 Å². The van der Waals surface area contributed by atoms with Gasteiger partial charge in [-0.05, 0) is 32.4 Å². The van der Waals surface area contributed by atoms with Gasteiger partial charge in [-0.15, -0.1) is 0 Å². The first-order valence-electron chi connectivity index (χ1n) is 4.56. The van der Waals surface area contributed by atoms with Crippen LogP contribution in [0, 0.1) is 0 Å². The predicted octanol–water partition coefficient (Wildman–Crippen LogP) is 1.45. The molecule has 1 saturated heterocycles. The number of likely N-dealkylation sites (tertiary alicyclic amines) is 1. The van der Waals surface area contributed by atoms with E-state index in [1.54, 1.807) is 0 Å². The maximum Gasteiger partial charge on any atom is 0.120 e. The van der Waals surface area contributed by atoms with Crippen LogP contribution in [0.2, 0.25) is 0 Å². The number of hydrogen-bond donors (Lipinski definition) is 0. The first-order chi connectivity index (χ1) is 5.38. The highest BCUT2D eigenvalue weighted by atomic mass is 16.1. The number of aldehydes is 1. The van der Waals surface area contributed by atoms with Crippen molar-refractivity contribution in [1.82, 2.24) is 4.90 Å². The van der Waals surface area contributed by atoms with Crippen molar-refractivity contribution in [3.63, 3.8) is 0 Å².